The van der Waals surface area contributed by atoms with Gasteiger partial charge < -0.3 is 4.74 Å². The van der Waals surface area contributed by atoms with Crippen molar-refractivity contribution in [3.63, 3.8) is 0 Å². The summed E-state index contributed by atoms with van der Waals surface area (Å²) < 4.78 is 4.40. The number of carbonyl (C=O) groups is 1. The molecule has 0 aliphatic rings. The summed E-state index contributed by atoms with van der Waals surface area (Å²) in [5, 5.41) is 2.53. The van der Waals surface area contributed by atoms with Crippen molar-refractivity contribution in [1.29, 1.82) is 0 Å². The van der Waals surface area contributed by atoms with E-state index in [1.807, 2.05) is 25.1 Å². The molecule has 74 valence electrons. The third-order valence-electron chi connectivity index (χ3n) is 1.21. The third kappa shape index (κ3) is 6.11. The van der Waals surface area contributed by atoms with Crippen LogP contribution in [-0.4, -0.2) is 21.0 Å². The van der Waals surface area contributed by atoms with Crippen LogP contribution < -0.4 is 5.32 Å². The van der Waals surface area contributed by atoms with Gasteiger partial charge in [-0.15, -0.1) is 0 Å². The van der Waals surface area contributed by atoms with Crippen LogP contribution in [0.2, 0.25) is 6.32 Å². The van der Waals surface area contributed by atoms with Gasteiger partial charge in [0.1, 0.15) is 0 Å². The molecule has 1 N–H and O–H groups in total. The first-order chi connectivity index (χ1) is 6.74. The molecule has 0 saturated heterocycles. The Morgan fingerprint density at radius 2 is 1.93 bits per heavy atom. The molecule has 0 aliphatic heterocycles. The minimum atomic E-state index is -0.448. The van der Waals surface area contributed by atoms with Gasteiger partial charge in [0.25, 0.3) is 0 Å². The van der Waals surface area contributed by atoms with Crippen LogP contribution in [0.3, 0.4) is 0 Å². The molecular formula is C10H14BNO2. The lowest BCUT2D eigenvalue weighted by Gasteiger charge is -2.01. The Bertz CT molecular complexity index is 252. The van der Waals surface area contributed by atoms with E-state index >= 15 is 0 Å². The number of amides is 1. The predicted molar refractivity (Wildman–Crippen MR) is 58.7 cm³/mol. The topological polar surface area (TPSA) is 38.3 Å². The number of nitrogens with one attached hydrogen (secondary N) is 1. The average molecular weight is 191 g/mol. The number of hydrogen-bond acceptors (Lipinski definition) is 2. The van der Waals surface area contributed by atoms with Gasteiger partial charge >= 0.3 is 6.09 Å². The second kappa shape index (κ2) is 8.17. The highest BCUT2D eigenvalue weighted by atomic mass is 16.5. The van der Waals surface area contributed by atoms with Crippen LogP contribution in [0.25, 0.3) is 0 Å². The number of rotatable bonds is 1. The molecule has 0 aromatic heterocycles. The Kier molecular flexibility index (Phi) is 7.32. The summed E-state index contributed by atoms with van der Waals surface area (Å²) in [7, 11) is 6.18. The molecule has 0 fully saturated rings. The Hall–Kier alpha value is -1.45. The summed E-state index contributed by atoms with van der Waals surface area (Å²) in [5.41, 5.74) is 0.736. The average Bonchev–Trinajstić information content (AvgIpc) is 2.20. The van der Waals surface area contributed by atoms with Gasteiger partial charge in [-0.3, -0.25) is 5.32 Å². The maximum Gasteiger partial charge on any atom is 0.411 e. The van der Waals surface area contributed by atoms with E-state index in [4.69, 9.17) is 7.85 Å². The Morgan fingerprint density at radius 1 is 1.43 bits per heavy atom. The monoisotopic (exact) mass is 191 g/mol. The summed E-state index contributed by atoms with van der Waals surface area (Å²) in [6.07, 6.45) is 0.302. The van der Waals surface area contributed by atoms with E-state index in [1.165, 1.54) is 7.11 Å². The molecule has 0 saturated carbocycles. The maximum absolute atomic E-state index is 10.6. The minimum Gasteiger partial charge on any atom is -0.453 e. The molecule has 2 radical (unpaired) electrons. The number of para-hydroxylation sites is 1. The van der Waals surface area contributed by atoms with E-state index < -0.39 is 6.09 Å². The molecule has 1 amide bonds. The molecule has 3 nitrogen and oxygen atoms in total. The van der Waals surface area contributed by atoms with Crippen LogP contribution in [0.4, 0.5) is 10.5 Å². The van der Waals surface area contributed by atoms with Crippen LogP contribution >= 0.6 is 0 Å². The van der Waals surface area contributed by atoms with Gasteiger partial charge in [0, 0.05) is 5.69 Å². The van der Waals surface area contributed by atoms with Crippen molar-refractivity contribution >= 4 is 19.6 Å². The quantitative estimate of drug-likeness (QED) is 0.692. The molecule has 1 rings (SSSR count). The Balaban J connectivity index is 0.000000500. The first kappa shape index (κ1) is 12.6. The number of methoxy groups -OCH3 is 1. The second-order valence-corrected chi connectivity index (χ2v) is 2.39. The SMILES string of the molecule is COC(=O)Nc1ccccc1.[B]CC. The van der Waals surface area contributed by atoms with E-state index in [1.54, 1.807) is 12.1 Å². The molecule has 14 heavy (non-hydrogen) atoms. The molecule has 0 unspecified atom stereocenters. The number of benzene rings is 1. The van der Waals surface area contributed by atoms with E-state index in [0.717, 1.165) is 12.0 Å². The fraction of sp³-hybridized carbons (Fsp3) is 0.300. The zero-order chi connectivity index (χ0) is 10.8. The normalized spacial score (nSPS) is 8.14. The lowest BCUT2D eigenvalue weighted by Crippen LogP contribution is -2.10. The highest BCUT2D eigenvalue weighted by molar-refractivity contribution is 6.08. The second-order valence-electron chi connectivity index (χ2n) is 2.39. The first-order valence-electron chi connectivity index (χ1n) is 4.34. The standard InChI is InChI=1S/C8H9NO2.C2H5B/c1-11-8(10)9-7-5-3-2-4-6-7;1-2-3/h2-6H,1H3,(H,9,10);2H2,1H3. The van der Waals surface area contributed by atoms with E-state index in [9.17, 15) is 4.79 Å². The van der Waals surface area contributed by atoms with Crippen LogP contribution in [0.15, 0.2) is 30.3 Å². The van der Waals surface area contributed by atoms with Gasteiger partial charge in [-0.2, -0.15) is 0 Å². The predicted octanol–water partition coefficient (Wildman–Crippen LogP) is 2.46. The van der Waals surface area contributed by atoms with E-state index in [-0.39, 0.29) is 0 Å². The Labute approximate surface area is 85.9 Å². The molecule has 0 spiro atoms. The highest BCUT2D eigenvalue weighted by Crippen LogP contribution is 2.04. The number of hydrogen-bond donors (Lipinski definition) is 1. The van der Waals surface area contributed by atoms with E-state index in [2.05, 4.69) is 10.1 Å². The zero-order valence-corrected chi connectivity index (χ0v) is 8.49. The summed E-state index contributed by atoms with van der Waals surface area (Å²) in [5.74, 6) is 0. The summed E-state index contributed by atoms with van der Waals surface area (Å²) in [6, 6.07) is 9.13. The number of ether oxygens (including phenoxy) is 1. The summed E-state index contributed by atoms with van der Waals surface area (Å²) in [4.78, 5) is 10.6. The van der Waals surface area contributed by atoms with Crippen molar-refractivity contribution in [1.82, 2.24) is 0 Å². The fourth-order valence-corrected chi connectivity index (χ4v) is 0.690. The van der Waals surface area contributed by atoms with Gasteiger partial charge in [-0.25, -0.2) is 4.79 Å². The first-order valence-corrected chi connectivity index (χ1v) is 4.34. The van der Waals surface area contributed by atoms with Crippen molar-refractivity contribution in [2.45, 2.75) is 13.2 Å². The molecule has 0 bridgehead atoms. The van der Waals surface area contributed by atoms with Crippen LogP contribution in [-0.2, 0) is 4.74 Å². The molecule has 0 atom stereocenters. The molecule has 4 heteroatoms. The highest BCUT2D eigenvalue weighted by Gasteiger charge is 1.96. The zero-order valence-electron chi connectivity index (χ0n) is 8.49. The van der Waals surface area contributed by atoms with Gasteiger partial charge in [-0.1, -0.05) is 31.4 Å². The summed E-state index contributed by atoms with van der Waals surface area (Å²) >= 11 is 0. The molecule has 1 aromatic rings. The molecule has 1 aromatic carbocycles. The smallest absolute Gasteiger partial charge is 0.411 e. The van der Waals surface area contributed by atoms with Crippen molar-refractivity contribution < 1.29 is 9.53 Å². The van der Waals surface area contributed by atoms with Crippen molar-refractivity contribution in [2.75, 3.05) is 12.4 Å². The Morgan fingerprint density at radius 3 is 2.36 bits per heavy atom. The van der Waals surface area contributed by atoms with Gasteiger partial charge in [-0.05, 0) is 12.1 Å². The third-order valence-corrected chi connectivity index (χ3v) is 1.21. The van der Waals surface area contributed by atoms with E-state index in [0.29, 0.717) is 0 Å². The lowest BCUT2D eigenvalue weighted by atomic mass is 10.1. The summed E-state index contributed by atoms with van der Waals surface area (Å²) in [6.45, 7) is 1.90. The van der Waals surface area contributed by atoms with Crippen LogP contribution in [0.1, 0.15) is 6.92 Å². The minimum absolute atomic E-state index is 0.448. The van der Waals surface area contributed by atoms with Crippen LogP contribution in [0.5, 0.6) is 0 Å². The largest absolute Gasteiger partial charge is 0.453 e. The maximum atomic E-state index is 10.6. The van der Waals surface area contributed by atoms with Gasteiger partial charge in [0.2, 0.25) is 0 Å². The number of anilines is 1. The fourth-order valence-electron chi connectivity index (χ4n) is 0.690. The van der Waals surface area contributed by atoms with Gasteiger partial charge in [0.05, 0.1) is 15.0 Å². The van der Waals surface area contributed by atoms with Crippen molar-refractivity contribution in [3.05, 3.63) is 30.3 Å². The molecular weight excluding hydrogens is 177 g/mol. The molecule has 0 heterocycles. The molecule has 0 aliphatic carbocycles. The van der Waals surface area contributed by atoms with Gasteiger partial charge in [0.15, 0.2) is 0 Å². The number of carbonyl (C=O) groups excluding carboxylic acids is 1. The lowest BCUT2D eigenvalue weighted by molar-refractivity contribution is 0.187. The van der Waals surface area contributed by atoms with Crippen molar-refractivity contribution in [2.24, 2.45) is 0 Å². The van der Waals surface area contributed by atoms with Crippen molar-refractivity contribution in [3.8, 4) is 0 Å². The van der Waals surface area contributed by atoms with Crippen LogP contribution in [0, 0.1) is 0 Å².